The number of halogens is 1. The molecule has 1 amide bonds. The SMILES string of the molecule is COCC(N)C(=O)NC1CC(C)(C)CC(C)(C)C1.Cl. The van der Waals surface area contributed by atoms with Gasteiger partial charge in [-0.2, -0.15) is 0 Å². The van der Waals surface area contributed by atoms with E-state index in [1.165, 1.54) is 6.42 Å². The number of ether oxygens (including phenoxy) is 1. The van der Waals surface area contributed by atoms with E-state index in [-0.39, 0.29) is 41.8 Å². The van der Waals surface area contributed by atoms with Crippen LogP contribution in [-0.2, 0) is 9.53 Å². The van der Waals surface area contributed by atoms with Gasteiger partial charge in [0.25, 0.3) is 0 Å². The van der Waals surface area contributed by atoms with Crippen LogP contribution < -0.4 is 11.1 Å². The smallest absolute Gasteiger partial charge is 0.239 e. The van der Waals surface area contributed by atoms with E-state index >= 15 is 0 Å². The maximum Gasteiger partial charge on any atom is 0.239 e. The van der Waals surface area contributed by atoms with Crippen LogP contribution >= 0.6 is 12.4 Å². The van der Waals surface area contributed by atoms with Gasteiger partial charge in [0.05, 0.1) is 6.61 Å². The van der Waals surface area contributed by atoms with E-state index in [1.807, 2.05) is 0 Å². The highest BCUT2D eigenvalue weighted by Crippen LogP contribution is 2.45. The number of carbonyl (C=O) groups is 1. The fraction of sp³-hybridized carbons (Fsp3) is 0.929. The van der Waals surface area contributed by atoms with Crippen molar-refractivity contribution in [2.75, 3.05) is 13.7 Å². The molecular weight excluding hydrogens is 264 g/mol. The molecule has 0 bridgehead atoms. The maximum atomic E-state index is 11.9. The summed E-state index contributed by atoms with van der Waals surface area (Å²) in [6.45, 7) is 9.33. The Morgan fingerprint density at radius 2 is 1.79 bits per heavy atom. The molecule has 0 aromatic rings. The summed E-state index contributed by atoms with van der Waals surface area (Å²) in [5, 5.41) is 3.07. The van der Waals surface area contributed by atoms with Crippen LogP contribution in [0.4, 0.5) is 0 Å². The molecule has 1 unspecified atom stereocenters. The van der Waals surface area contributed by atoms with Gasteiger partial charge in [0.2, 0.25) is 5.91 Å². The zero-order valence-corrected chi connectivity index (χ0v) is 13.6. The number of hydrogen-bond donors (Lipinski definition) is 2. The summed E-state index contributed by atoms with van der Waals surface area (Å²) in [6.07, 6.45) is 3.22. The molecule has 0 aliphatic heterocycles. The highest BCUT2D eigenvalue weighted by Gasteiger charge is 2.39. The van der Waals surface area contributed by atoms with Crippen LogP contribution in [0.15, 0.2) is 0 Å². The first kappa shape index (κ1) is 18.7. The van der Waals surface area contributed by atoms with Crippen LogP contribution in [-0.4, -0.2) is 31.7 Å². The number of carbonyl (C=O) groups excluding carboxylic acids is 1. The largest absolute Gasteiger partial charge is 0.383 e. The second kappa shape index (κ2) is 6.91. The van der Waals surface area contributed by atoms with Gasteiger partial charge in [-0.15, -0.1) is 12.4 Å². The molecule has 1 aliphatic carbocycles. The Balaban J connectivity index is 0.00000324. The first-order valence-electron chi connectivity index (χ1n) is 6.70. The summed E-state index contributed by atoms with van der Waals surface area (Å²) in [5.74, 6) is -0.102. The molecule has 3 N–H and O–H groups in total. The van der Waals surface area contributed by atoms with Gasteiger partial charge in [0.1, 0.15) is 6.04 Å². The van der Waals surface area contributed by atoms with Crippen LogP contribution in [0.25, 0.3) is 0 Å². The molecule has 1 rings (SSSR count). The first-order valence-corrected chi connectivity index (χ1v) is 6.70. The topological polar surface area (TPSA) is 64.3 Å². The minimum atomic E-state index is -0.567. The highest BCUT2D eigenvalue weighted by atomic mass is 35.5. The van der Waals surface area contributed by atoms with E-state index in [4.69, 9.17) is 10.5 Å². The van der Waals surface area contributed by atoms with Crippen molar-refractivity contribution in [2.24, 2.45) is 16.6 Å². The molecule has 4 nitrogen and oxygen atoms in total. The Morgan fingerprint density at radius 3 is 2.21 bits per heavy atom. The number of rotatable bonds is 4. The number of hydrogen-bond acceptors (Lipinski definition) is 3. The molecule has 0 spiro atoms. The average Bonchev–Trinajstić information content (AvgIpc) is 2.12. The Morgan fingerprint density at radius 1 is 1.32 bits per heavy atom. The van der Waals surface area contributed by atoms with E-state index < -0.39 is 6.04 Å². The molecule has 0 saturated heterocycles. The predicted octanol–water partition coefficient (Wildman–Crippen LogP) is 2.10. The monoisotopic (exact) mass is 292 g/mol. The standard InChI is InChI=1S/C14H28N2O2.ClH/c1-13(2)6-10(7-14(3,4)9-13)16-12(17)11(15)8-18-5;/h10-11H,6-9,15H2,1-5H3,(H,16,17);1H. The minimum absolute atomic E-state index is 0. The number of amides is 1. The number of nitrogens with one attached hydrogen (secondary N) is 1. The van der Waals surface area contributed by atoms with Crippen LogP contribution in [0.2, 0.25) is 0 Å². The van der Waals surface area contributed by atoms with Gasteiger partial charge in [-0.05, 0) is 30.1 Å². The summed E-state index contributed by atoms with van der Waals surface area (Å²) >= 11 is 0. The third-order valence-electron chi connectivity index (χ3n) is 3.58. The van der Waals surface area contributed by atoms with Crippen LogP contribution in [0, 0.1) is 10.8 Å². The van der Waals surface area contributed by atoms with E-state index in [9.17, 15) is 4.79 Å². The van der Waals surface area contributed by atoms with Crippen LogP contribution in [0.1, 0.15) is 47.0 Å². The fourth-order valence-electron chi connectivity index (χ4n) is 3.51. The summed E-state index contributed by atoms with van der Waals surface area (Å²) in [7, 11) is 1.56. The van der Waals surface area contributed by atoms with Gasteiger partial charge in [-0.3, -0.25) is 4.79 Å². The summed E-state index contributed by atoms with van der Waals surface area (Å²) in [5.41, 5.74) is 6.28. The quantitative estimate of drug-likeness (QED) is 0.834. The van der Waals surface area contributed by atoms with Crippen molar-refractivity contribution < 1.29 is 9.53 Å². The predicted molar refractivity (Wildman–Crippen MR) is 80.4 cm³/mol. The van der Waals surface area contributed by atoms with Gasteiger partial charge in [0.15, 0.2) is 0 Å². The van der Waals surface area contributed by atoms with Gasteiger partial charge in [-0.1, -0.05) is 27.7 Å². The van der Waals surface area contributed by atoms with Gasteiger partial charge < -0.3 is 15.8 Å². The average molecular weight is 293 g/mol. The zero-order valence-electron chi connectivity index (χ0n) is 12.8. The van der Waals surface area contributed by atoms with Crippen molar-refractivity contribution in [1.82, 2.24) is 5.32 Å². The lowest BCUT2D eigenvalue weighted by Crippen LogP contribution is -2.51. The molecule has 114 valence electrons. The summed E-state index contributed by atoms with van der Waals surface area (Å²) in [4.78, 5) is 11.9. The van der Waals surface area contributed by atoms with Crippen molar-refractivity contribution in [1.29, 1.82) is 0 Å². The van der Waals surface area contributed by atoms with Gasteiger partial charge >= 0.3 is 0 Å². The van der Waals surface area contributed by atoms with Crippen molar-refractivity contribution in [3.63, 3.8) is 0 Å². The van der Waals surface area contributed by atoms with E-state index in [2.05, 4.69) is 33.0 Å². The maximum absolute atomic E-state index is 11.9. The molecule has 0 aromatic carbocycles. The molecule has 1 aliphatic rings. The molecule has 5 heteroatoms. The Kier molecular flexibility index (Phi) is 6.79. The molecule has 1 atom stereocenters. The second-order valence-corrected chi connectivity index (χ2v) is 7.18. The summed E-state index contributed by atoms with van der Waals surface area (Å²) < 4.78 is 4.91. The molecular formula is C14H29ClN2O2. The minimum Gasteiger partial charge on any atom is -0.383 e. The fourth-order valence-corrected chi connectivity index (χ4v) is 3.51. The molecule has 0 heterocycles. The van der Waals surface area contributed by atoms with E-state index in [1.54, 1.807) is 7.11 Å². The van der Waals surface area contributed by atoms with Gasteiger partial charge in [-0.25, -0.2) is 0 Å². The molecule has 0 aromatic heterocycles. The van der Waals surface area contributed by atoms with Gasteiger partial charge in [0, 0.05) is 13.2 Å². The molecule has 1 saturated carbocycles. The third-order valence-corrected chi connectivity index (χ3v) is 3.58. The van der Waals surface area contributed by atoms with Crippen molar-refractivity contribution >= 4 is 18.3 Å². The Labute approximate surface area is 123 Å². The molecule has 1 fully saturated rings. The van der Waals surface area contributed by atoms with Crippen molar-refractivity contribution in [3.05, 3.63) is 0 Å². The first-order chi connectivity index (χ1) is 8.15. The molecule has 19 heavy (non-hydrogen) atoms. The lowest BCUT2D eigenvalue weighted by molar-refractivity contribution is -0.125. The second-order valence-electron chi connectivity index (χ2n) is 7.18. The van der Waals surface area contributed by atoms with E-state index in [0.29, 0.717) is 0 Å². The Bertz CT molecular complexity index is 290. The van der Waals surface area contributed by atoms with Crippen molar-refractivity contribution in [3.8, 4) is 0 Å². The number of methoxy groups -OCH3 is 1. The molecule has 0 radical (unpaired) electrons. The lowest BCUT2D eigenvalue weighted by atomic mass is 9.63. The summed E-state index contributed by atoms with van der Waals surface area (Å²) in [6, 6.07) is -0.345. The van der Waals surface area contributed by atoms with Crippen LogP contribution in [0.5, 0.6) is 0 Å². The van der Waals surface area contributed by atoms with E-state index in [0.717, 1.165) is 12.8 Å². The van der Waals surface area contributed by atoms with Crippen LogP contribution in [0.3, 0.4) is 0 Å². The lowest BCUT2D eigenvalue weighted by Gasteiger charge is -2.45. The number of nitrogens with two attached hydrogens (primary N) is 1. The zero-order chi connectivity index (χ0) is 14.0. The Hall–Kier alpha value is -0.320. The van der Waals surface area contributed by atoms with Crippen molar-refractivity contribution in [2.45, 2.75) is 59.0 Å². The highest BCUT2D eigenvalue weighted by molar-refractivity contribution is 5.85. The third kappa shape index (κ3) is 6.11. The normalized spacial score (nSPS) is 23.3.